The van der Waals surface area contributed by atoms with Crippen molar-refractivity contribution in [2.45, 2.75) is 59.9 Å². The molecule has 0 aliphatic carbocycles. The Morgan fingerprint density at radius 1 is 0.947 bits per heavy atom. The van der Waals surface area contributed by atoms with E-state index in [1.807, 2.05) is 50.2 Å². The van der Waals surface area contributed by atoms with Crippen molar-refractivity contribution in [1.29, 1.82) is 0 Å². The minimum Gasteiger partial charge on any atom is -0.493 e. The molecule has 0 spiro atoms. The highest BCUT2D eigenvalue weighted by molar-refractivity contribution is 5.78. The zero-order valence-corrected chi connectivity index (χ0v) is 23.2. The highest BCUT2D eigenvalue weighted by atomic mass is 16.5. The third-order valence-electron chi connectivity index (χ3n) is 6.68. The molecular weight excluding hydrogens is 474 g/mol. The van der Waals surface area contributed by atoms with Crippen LogP contribution in [0.5, 0.6) is 11.5 Å². The number of para-hydroxylation sites is 2. The molecule has 6 heteroatoms. The van der Waals surface area contributed by atoms with E-state index >= 15 is 0 Å². The summed E-state index contributed by atoms with van der Waals surface area (Å²) in [6, 6.07) is 20.6. The van der Waals surface area contributed by atoms with Gasteiger partial charge >= 0.3 is 0 Å². The number of carbonyl (C=O) groups is 1. The van der Waals surface area contributed by atoms with E-state index < -0.39 is 0 Å². The van der Waals surface area contributed by atoms with Gasteiger partial charge in [0.05, 0.1) is 17.6 Å². The molecule has 0 unspecified atom stereocenters. The van der Waals surface area contributed by atoms with Crippen LogP contribution >= 0.6 is 0 Å². The van der Waals surface area contributed by atoms with E-state index in [4.69, 9.17) is 14.5 Å². The van der Waals surface area contributed by atoms with Gasteiger partial charge in [0.15, 0.2) is 6.61 Å². The molecule has 6 nitrogen and oxygen atoms in total. The molecule has 4 aromatic rings. The third-order valence-corrected chi connectivity index (χ3v) is 6.68. The number of hydrogen-bond acceptors (Lipinski definition) is 4. The minimum absolute atomic E-state index is 0.00459. The summed E-state index contributed by atoms with van der Waals surface area (Å²) in [5, 5.41) is 2.98. The third kappa shape index (κ3) is 6.94. The van der Waals surface area contributed by atoms with E-state index in [-0.39, 0.29) is 12.5 Å². The van der Waals surface area contributed by atoms with Crippen LogP contribution < -0.4 is 14.8 Å². The number of hydrogen-bond donors (Lipinski definition) is 1. The molecule has 3 aromatic carbocycles. The number of ether oxygens (including phenoxy) is 2. The Bertz CT molecular complexity index is 1390. The number of amides is 1. The molecule has 0 aliphatic rings. The first-order valence-corrected chi connectivity index (χ1v) is 13.5. The molecule has 0 bridgehead atoms. The van der Waals surface area contributed by atoms with Crippen molar-refractivity contribution in [2.24, 2.45) is 0 Å². The van der Waals surface area contributed by atoms with Gasteiger partial charge in [-0.15, -0.1) is 0 Å². The van der Waals surface area contributed by atoms with Gasteiger partial charge in [-0.2, -0.15) is 0 Å². The van der Waals surface area contributed by atoms with Crippen LogP contribution in [0.25, 0.3) is 11.0 Å². The second-order valence-corrected chi connectivity index (χ2v) is 10.2. The fourth-order valence-electron chi connectivity index (χ4n) is 4.58. The lowest BCUT2D eigenvalue weighted by molar-refractivity contribution is -0.123. The molecule has 1 N–H and O–H groups in total. The Kier molecular flexibility index (Phi) is 9.06. The maximum atomic E-state index is 12.4. The molecule has 0 radical (unpaired) electrons. The Balaban J connectivity index is 1.33. The molecule has 0 aliphatic heterocycles. The predicted octanol–water partition coefficient (Wildman–Crippen LogP) is 6.29. The molecule has 1 amide bonds. The van der Waals surface area contributed by atoms with E-state index in [1.54, 1.807) is 0 Å². The number of benzene rings is 3. The highest BCUT2D eigenvalue weighted by Gasteiger charge is 2.13. The first kappa shape index (κ1) is 27.2. The summed E-state index contributed by atoms with van der Waals surface area (Å²) in [5.41, 5.74) is 6.63. The van der Waals surface area contributed by atoms with Crippen LogP contribution in [0.4, 0.5) is 0 Å². The average molecular weight is 514 g/mol. The maximum Gasteiger partial charge on any atom is 0.257 e. The van der Waals surface area contributed by atoms with E-state index in [9.17, 15) is 4.79 Å². The molecule has 0 saturated heterocycles. The Morgan fingerprint density at radius 3 is 2.47 bits per heavy atom. The normalized spacial score (nSPS) is 11.2. The van der Waals surface area contributed by atoms with Crippen molar-refractivity contribution in [3.8, 4) is 11.5 Å². The molecule has 200 valence electrons. The fourth-order valence-corrected chi connectivity index (χ4v) is 4.58. The zero-order valence-electron chi connectivity index (χ0n) is 23.2. The maximum absolute atomic E-state index is 12.4. The average Bonchev–Trinajstić information content (AvgIpc) is 3.24. The molecule has 0 fully saturated rings. The first-order chi connectivity index (χ1) is 18.3. The van der Waals surface area contributed by atoms with Gasteiger partial charge in [0.25, 0.3) is 5.91 Å². The number of imidazole rings is 1. The Hall–Kier alpha value is -3.80. The predicted molar refractivity (Wildman–Crippen MR) is 153 cm³/mol. The Labute approximate surface area is 226 Å². The van der Waals surface area contributed by atoms with Crippen LogP contribution in [-0.4, -0.2) is 35.2 Å². The van der Waals surface area contributed by atoms with Crippen LogP contribution in [0, 0.1) is 20.8 Å². The van der Waals surface area contributed by atoms with Crippen LogP contribution in [0.15, 0.2) is 60.7 Å². The summed E-state index contributed by atoms with van der Waals surface area (Å²) < 4.78 is 14.2. The molecule has 4 rings (SSSR count). The van der Waals surface area contributed by atoms with Crippen molar-refractivity contribution >= 4 is 16.9 Å². The minimum atomic E-state index is -0.138. The summed E-state index contributed by atoms with van der Waals surface area (Å²) >= 11 is 0. The topological polar surface area (TPSA) is 65.4 Å². The molecular formula is C32H39N3O3. The number of aryl methyl sites for hydroxylation is 4. The van der Waals surface area contributed by atoms with Gasteiger partial charge in [0, 0.05) is 19.5 Å². The molecule has 0 atom stereocenters. The Morgan fingerprint density at radius 2 is 1.68 bits per heavy atom. The summed E-state index contributed by atoms with van der Waals surface area (Å²) in [5.74, 6) is 2.95. The lowest BCUT2D eigenvalue weighted by atomic mass is 10.0. The van der Waals surface area contributed by atoms with Gasteiger partial charge in [-0.25, -0.2) is 4.98 Å². The lowest BCUT2D eigenvalue weighted by Gasteiger charge is -2.15. The largest absolute Gasteiger partial charge is 0.493 e. The van der Waals surface area contributed by atoms with Crippen molar-refractivity contribution in [2.75, 3.05) is 19.8 Å². The quantitative estimate of drug-likeness (QED) is 0.226. The van der Waals surface area contributed by atoms with Crippen molar-refractivity contribution in [3.63, 3.8) is 0 Å². The number of carbonyl (C=O) groups excluding carboxylic acids is 1. The number of nitrogens with one attached hydrogen (secondary N) is 1. The number of aromatic nitrogens is 2. The van der Waals surface area contributed by atoms with Gasteiger partial charge in [0.1, 0.15) is 17.3 Å². The second kappa shape index (κ2) is 12.6. The van der Waals surface area contributed by atoms with Gasteiger partial charge in [-0.05, 0) is 79.6 Å². The summed E-state index contributed by atoms with van der Waals surface area (Å²) in [6.07, 6.45) is 1.50. The van der Waals surface area contributed by atoms with Gasteiger partial charge in [-0.1, -0.05) is 50.2 Å². The summed E-state index contributed by atoms with van der Waals surface area (Å²) in [4.78, 5) is 17.3. The molecule has 1 aromatic heterocycles. The van der Waals surface area contributed by atoms with E-state index in [2.05, 4.69) is 54.9 Å². The zero-order chi connectivity index (χ0) is 27.1. The summed E-state index contributed by atoms with van der Waals surface area (Å²) in [7, 11) is 0. The van der Waals surface area contributed by atoms with Crippen LogP contribution in [0.3, 0.4) is 0 Å². The first-order valence-electron chi connectivity index (χ1n) is 13.5. The SMILES string of the molecule is Cc1ccc(C)c(OCC(=O)NCCc2nc3ccccc3n2CCCOc2cc(C)ccc2C(C)C)c1. The van der Waals surface area contributed by atoms with Crippen molar-refractivity contribution in [1.82, 2.24) is 14.9 Å². The highest BCUT2D eigenvalue weighted by Crippen LogP contribution is 2.28. The smallest absolute Gasteiger partial charge is 0.257 e. The lowest BCUT2D eigenvalue weighted by Crippen LogP contribution is -2.31. The molecule has 0 saturated carbocycles. The van der Waals surface area contributed by atoms with Gasteiger partial charge in [-0.3, -0.25) is 4.79 Å². The van der Waals surface area contributed by atoms with Gasteiger partial charge in [0.2, 0.25) is 0 Å². The van der Waals surface area contributed by atoms with E-state index in [0.717, 1.165) is 52.4 Å². The molecule has 1 heterocycles. The monoisotopic (exact) mass is 513 g/mol. The van der Waals surface area contributed by atoms with Crippen molar-refractivity contribution in [3.05, 3.63) is 88.7 Å². The van der Waals surface area contributed by atoms with Crippen LogP contribution in [0.2, 0.25) is 0 Å². The van der Waals surface area contributed by atoms with Crippen LogP contribution in [-0.2, 0) is 17.8 Å². The van der Waals surface area contributed by atoms with E-state index in [0.29, 0.717) is 25.5 Å². The molecule has 38 heavy (non-hydrogen) atoms. The second-order valence-electron chi connectivity index (χ2n) is 10.2. The van der Waals surface area contributed by atoms with E-state index in [1.165, 1.54) is 11.1 Å². The number of nitrogens with zero attached hydrogens (tertiary/aromatic N) is 2. The van der Waals surface area contributed by atoms with Gasteiger partial charge < -0.3 is 19.4 Å². The number of rotatable bonds is 12. The van der Waals surface area contributed by atoms with Crippen molar-refractivity contribution < 1.29 is 14.3 Å². The standard InChI is InChI=1S/C32H39N3O3/c1-22(2)26-14-12-24(4)20-30(26)37-18-8-17-35-28-10-7-6-9-27(28)34-31(35)15-16-33-32(36)21-38-29-19-23(3)11-13-25(29)5/h6-7,9-14,19-20,22H,8,15-18,21H2,1-5H3,(H,33,36). The van der Waals surface area contributed by atoms with Crippen LogP contribution in [0.1, 0.15) is 54.3 Å². The fraction of sp³-hybridized carbons (Fsp3) is 0.375. The number of fused-ring (bicyclic) bond motifs is 1. The summed E-state index contributed by atoms with van der Waals surface area (Å²) in [6.45, 7) is 12.4.